The molecule has 7 heteroatoms. The lowest BCUT2D eigenvalue weighted by Gasteiger charge is -2.33. The molecule has 0 radical (unpaired) electrons. The molecule has 0 atom stereocenters. The van der Waals surface area contributed by atoms with Gasteiger partial charge in [-0.25, -0.2) is 4.79 Å². The van der Waals surface area contributed by atoms with Crippen LogP contribution in [0.2, 0.25) is 5.02 Å². The lowest BCUT2D eigenvalue weighted by molar-refractivity contribution is -0.138. The Morgan fingerprint density at radius 2 is 1.95 bits per heavy atom. The summed E-state index contributed by atoms with van der Waals surface area (Å²) in [5, 5.41) is 12.2. The highest BCUT2D eigenvalue weighted by Crippen LogP contribution is 2.10. The Kier molecular flexibility index (Phi) is 5.41. The summed E-state index contributed by atoms with van der Waals surface area (Å²) in [6.07, 6.45) is 0. The minimum absolute atomic E-state index is 0.0258. The number of halogens is 1. The standard InChI is InChI=1S/C14H18ClN3O3/c15-12-3-1-2-11(8-12)9-16-14(21)18-6-4-17(5-7-18)10-13(19)20/h1-3,8H,4-7,9-10H2,(H,16,21)(H,19,20). The van der Waals surface area contributed by atoms with Crippen LogP contribution in [0.25, 0.3) is 0 Å². The quantitative estimate of drug-likeness (QED) is 0.878. The van der Waals surface area contributed by atoms with Gasteiger partial charge in [0.2, 0.25) is 0 Å². The van der Waals surface area contributed by atoms with E-state index in [1.54, 1.807) is 11.0 Å². The summed E-state index contributed by atoms with van der Waals surface area (Å²) in [6.45, 7) is 2.68. The molecule has 2 N–H and O–H groups in total. The van der Waals surface area contributed by atoms with Crippen molar-refractivity contribution >= 4 is 23.6 Å². The topological polar surface area (TPSA) is 72.9 Å². The third-order valence-electron chi connectivity index (χ3n) is 3.35. The molecule has 6 nitrogen and oxygen atoms in total. The molecule has 1 heterocycles. The summed E-state index contributed by atoms with van der Waals surface area (Å²) in [7, 11) is 0. The van der Waals surface area contributed by atoms with Gasteiger partial charge >= 0.3 is 12.0 Å². The first-order valence-electron chi connectivity index (χ1n) is 6.76. The first-order valence-corrected chi connectivity index (χ1v) is 7.14. The summed E-state index contributed by atoms with van der Waals surface area (Å²) in [6, 6.07) is 7.21. The lowest BCUT2D eigenvalue weighted by atomic mass is 10.2. The van der Waals surface area contributed by atoms with Crippen molar-refractivity contribution in [3.8, 4) is 0 Å². The number of carboxylic acids is 1. The van der Waals surface area contributed by atoms with Crippen molar-refractivity contribution in [1.29, 1.82) is 0 Å². The Morgan fingerprint density at radius 1 is 1.24 bits per heavy atom. The van der Waals surface area contributed by atoms with Crippen LogP contribution in [0.5, 0.6) is 0 Å². The number of nitrogens with one attached hydrogen (secondary N) is 1. The van der Waals surface area contributed by atoms with E-state index in [0.29, 0.717) is 37.7 Å². The molecule has 0 aliphatic carbocycles. The van der Waals surface area contributed by atoms with Gasteiger partial charge in [0.1, 0.15) is 0 Å². The Bertz CT molecular complexity index is 516. The fourth-order valence-electron chi connectivity index (χ4n) is 2.24. The van der Waals surface area contributed by atoms with Gasteiger partial charge < -0.3 is 15.3 Å². The van der Waals surface area contributed by atoms with E-state index in [1.807, 2.05) is 23.1 Å². The second-order valence-electron chi connectivity index (χ2n) is 4.95. The van der Waals surface area contributed by atoms with Crippen molar-refractivity contribution < 1.29 is 14.7 Å². The molecule has 1 fully saturated rings. The first-order chi connectivity index (χ1) is 10.0. The highest BCUT2D eigenvalue weighted by molar-refractivity contribution is 6.30. The zero-order valence-corrected chi connectivity index (χ0v) is 12.3. The van der Waals surface area contributed by atoms with Crippen LogP contribution in [0.4, 0.5) is 4.79 Å². The first kappa shape index (κ1) is 15.6. The fraction of sp³-hybridized carbons (Fsp3) is 0.429. The molecule has 1 aromatic rings. The molecule has 0 unspecified atom stereocenters. The zero-order chi connectivity index (χ0) is 15.2. The molecule has 0 bridgehead atoms. The highest BCUT2D eigenvalue weighted by Gasteiger charge is 2.21. The number of benzene rings is 1. The molecule has 0 aromatic heterocycles. The van der Waals surface area contributed by atoms with Gasteiger partial charge in [-0.1, -0.05) is 23.7 Å². The molecule has 0 spiro atoms. The van der Waals surface area contributed by atoms with E-state index in [9.17, 15) is 9.59 Å². The van der Waals surface area contributed by atoms with E-state index in [2.05, 4.69) is 5.32 Å². The average Bonchev–Trinajstić information content (AvgIpc) is 2.45. The minimum Gasteiger partial charge on any atom is -0.480 e. The van der Waals surface area contributed by atoms with Crippen molar-refractivity contribution in [2.75, 3.05) is 32.7 Å². The molecule has 2 rings (SSSR count). The third-order valence-corrected chi connectivity index (χ3v) is 3.59. The van der Waals surface area contributed by atoms with E-state index in [0.717, 1.165) is 5.56 Å². The predicted molar refractivity (Wildman–Crippen MR) is 79.3 cm³/mol. The van der Waals surface area contributed by atoms with E-state index in [4.69, 9.17) is 16.7 Å². The van der Waals surface area contributed by atoms with Gasteiger partial charge in [0.05, 0.1) is 6.54 Å². The van der Waals surface area contributed by atoms with Gasteiger partial charge in [0.25, 0.3) is 0 Å². The highest BCUT2D eigenvalue weighted by atomic mass is 35.5. The van der Waals surface area contributed by atoms with Crippen LogP contribution >= 0.6 is 11.6 Å². The number of aliphatic carboxylic acids is 1. The summed E-state index contributed by atoms with van der Waals surface area (Å²) in [5.74, 6) is -0.839. The number of carboxylic acid groups (broad SMARTS) is 1. The Balaban J connectivity index is 1.76. The number of hydrogen-bond acceptors (Lipinski definition) is 3. The van der Waals surface area contributed by atoms with Crippen molar-refractivity contribution in [2.24, 2.45) is 0 Å². The second-order valence-corrected chi connectivity index (χ2v) is 5.38. The number of hydrogen-bond donors (Lipinski definition) is 2. The van der Waals surface area contributed by atoms with Crippen LogP contribution in [-0.4, -0.2) is 59.6 Å². The van der Waals surface area contributed by atoms with Crippen LogP contribution < -0.4 is 5.32 Å². The molecule has 114 valence electrons. The van der Waals surface area contributed by atoms with Crippen molar-refractivity contribution in [1.82, 2.24) is 15.1 Å². The number of carbonyl (C=O) groups is 2. The second kappa shape index (κ2) is 7.28. The van der Waals surface area contributed by atoms with Gasteiger partial charge in [-0.15, -0.1) is 0 Å². The number of nitrogens with zero attached hydrogens (tertiary/aromatic N) is 2. The molecule has 1 aliphatic rings. The van der Waals surface area contributed by atoms with Crippen molar-refractivity contribution in [3.63, 3.8) is 0 Å². The van der Waals surface area contributed by atoms with Crippen LogP contribution in [0.1, 0.15) is 5.56 Å². The monoisotopic (exact) mass is 311 g/mol. The summed E-state index contributed by atoms with van der Waals surface area (Å²) in [4.78, 5) is 26.2. The Hall–Kier alpha value is -1.79. The van der Waals surface area contributed by atoms with Gasteiger partial charge in [0, 0.05) is 37.7 Å². The Labute approximate surface area is 128 Å². The molecule has 0 saturated carbocycles. The predicted octanol–water partition coefficient (Wildman–Crippen LogP) is 1.25. The van der Waals surface area contributed by atoms with Gasteiger partial charge in [-0.05, 0) is 17.7 Å². The van der Waals surface area contributed by atoms with Gasteiger partial charge in [-0.2, -0.15) is 0 Å². The van der Waals surface area contributed by atoms with Gasteiger partial charge in [-0.3, -0.25) is 9.69 Å². The van der Waals surface area contributed by atoms with E-state index in [-0.39, 0.29) is 12.6 Å². The number of rotatable bonds is 4. The maximum Gasteiger partial charge on any atom is 0.317 e. The maximum absolute atomic E-state index is 12.0. The normalized spacial score (nSPS) is 15.8. The molecule has 1 aromatic carbocycles. The molecular weight excluding hydrogens is 294 g/mol. The van der Waals surface area contributed by atoms with Crippen molar-refractivity contribution in [3.05, 3.63) is 34.9 Å². The van der Waals surface area contributed by atoms with E-state index >= 15 is 0 Å². The van der Waals surface area contributed by atoms with Crippen LogP contribution in [0, 0.1) is 0 Å². The third kappa shape index (κ3) is 4.91. The van der Waals surface area contributed by atoms with Gasteiger partial charge in [0.15, 0.2) is 0 Å². The van der Waals surface area contributed by atoms with Crippen LogP contribution in [-0.2, 0) is 11.3 Å². The summed E-state index contributed by atoms with van der Waals surface area (Å²) < 4.78 is 0. The molecule has 21 heavy (non-hydrogen) atoms. The smallest absolute Gasteiger partial charge is 0.317 e. The fourth-order valence-corrected chi connectivity index (χ4v) is 2.45. The van der Waals surface area contributed by atoms with E-state index in [1.165, 1.54) is 0 Å². The minimum atomic E-state index is -0.839. The lowest BCUT2D eigenvalue weighted by Crippen LogP contribution is -2.52. The summed E-state index contributed by atoms with van der Waals surface area (Å²) in [5.41, 5.74) is 0.945. The molecule has 1 aliphatic heterocycles. The number of amides is 2. The summed E-state index contributed by atoms with van der Waals surface area (Å²) >= 11 is 5.89. The maximum atomic E-state index is 12.0. The van der Waals surface area contributed by atoms with E-state index < -0.39 is 5.97 Å². The zero-order valence-electron chi connectivity index (χ0n) is 11.6. The average molecular weight is 312 g/mol. The van der Waals surface area contributed by atoms with Crippen LogP contribution in [0.3, 0.4) is 0 Å². The SMILES string of the molecule is O=C(O)CN1CCN(C(=O)NCc2cccc(Cl)c2)CC1. The molecular formula is C14H18ClN3O3. The number of urea groups is 1. The number of piperazine rings is 1. The molecule has 2 amide bonds. The molecule has 1 saturated heterocycles. The largest absolute Gasteiger partial charge is 0.480 e. The van der Waals surface area contributed by atoms with Crippen molar-refractivity contribution in [2.45, 2.75) is 6.54 Å². The van der Waals surface area contributed by atoms with Crippen LogP contribution in [0.15, 0.2) is 24.3 Å². The number of carbonyl (C=O) groups excluding carboxylic acids is 1. The Morgan fingerprint density at radius 3 is 2.57 bits per heavy atom.